The number of carbonyl (C=O) groups is 2. The van der Waals surface area contributed by atoms with Gasteiger partial charge in [-0.3, -0.25) is 0 Å². The molecule has 2 saturated carbocycles. The van der Waals surface area contributed by atoms with Gasteiger partial charge < -0.3 is 19.9 Å². The number of thioether (sulfide) groups is 1. The van der Waals surface area contributed by atoms with Gasteiger partial charge in [-0.05, 0) is 39.0 Å². The van der Waals surface area contributed by atoms with E-state index in [0.717, 1.165) is 11.0 Å². The highest BCUT2D eigenvalue weighted by Gasteiger charge is 2.37. The molecule has 3 aliphatic rings. The molecule has 27 heavy (non-hydrogen) atoms. The third-order valence-electron chi connectivity index (χ3n) is 5.04. The van der Waals surface area contributed by atoms with Gasteiger partial charge in [-0.15, -0.1) is 10.2 Å². The number of amides is 2. The Morgan fingerprint density at radius 2 is 2.04 bits per heavy atom. The highest BCUT2D eigenvalue weighted by atomic mass is 32.2. The highest BCUT2D eigenvalue weighted by molar-refractivity contribution is 7.99. The van der Waals surface area contributed by atoms with E-state index in [9.17, 15) is 9.59 Å². The molecule has 2 amide bonds. The Balaban J connectivity index is 1.57. The Hall–Kier alpha value is -2.03. The first-order valence-electron chi connectivity index (χ1n) is 9.67. The SMILES string of the molecule is CCOC(=O)C1=C(CSc2nnc(C3CC3)n2C2CC2)NC(=O)NC1CC. The Kier molecular flexibility index (Phi) is 5.12. The van der Waals surface area contributed by atoms with Gasteiger partial charge >= 0.3 is 12.0 Å². The van der Waals surface area contributed by atoms with Gasteiger partial charge in [-0.25, -0.2) is 9.59 Å². The van der Waals surface area contributed by atoms with Crippen molar-refractivity contribution in [3.63, 3.8) is 0 Å². The lowest BCUT2D eigenvalue weighted by atomic mass is 10.0. The number of ether oxygens (including phenoxy) is 1. The van der Waals surface area contributed by atoms with Crippen molar-refractivity contribution in [3.8, 4) is 0 Å². The van der Waals surface area contributed by atoms with E-state index < -0.39 is 0 Å². The number of carbonyl (C=O) groups excluding carboxylic acids is 2. The third-order valence-corrected chi connectivity index (χ3v) is 6.01. The molecule has 4 rings (SSSR count). The van der Waals surface area contributed by atoms with Crippen molar-refractivity contribution in [3.05, 3.63) is 17.1 Å². The smallest absolute Gasteiger partial charge is 0.337 e. The number of esters is 1. The number of nitrogens with one attached hydrogen (secondary N) is 2. The molecule has 2 heterocycles. The van der Waals surface area contributed by atoms with Crippen LogP contribution in [0.3, 0.4) is 0 Å². The highest BCUT2D eigenvalue weighted by Crippen LogP contribution is 2.46. The van der Waals surface area contributed by atoms with Crippen LogP contribution in [-0.4, -0.2) is 45.2 Å². The van der Waals surface area contributed by atoms with Gasteiger partial charge in [0.05, 0.1) is 18.2 Å². The summed E-state index contributed by atoms with van der Waals surface area (Å²) in [5.41, 5.74) is 1.11. The second kappa shape index (κ2) is 7.53. The van der Waals surface area contributed by atoms with Crippen molar-refractivity contribution in [2.75, 3.05) is 12.4 Å². The molecular formula is C18H25N5O3S. The van der Waals surface area contributed by atoms with Gasteiger partial charge in [0.25, 0.3) is 0 Å². The second-order valence-electron chi connectivity index (χ2n) is 7.18. The van der Waals surface area contributed by atoms with Crippen molar-refractivity contribution >= 4 is 23.8 Å². The predicted octanol–water partition coefficient (Wildman–Crippen LogP) is 2.49. The van der Waals surface area contributed by atoms with Crippen molar-refractivity contribution in [2.24, 2.45) is 0 Å². The van der Waals surface area contributed by atoms with Crippen molar-refractivity contribution in [1.29, 1.82) is 0 Å². The Labute approximate surface area is 162 Å². The van der Waals surface area contributed by atoms with Crippen LogP contribution in [0.25, 0.3) is 0 Å². The molecule has 0 radical (unpaired) electrons. The number of urea groups is 1. The fourth-order valence-electron chi connectivity index (χ4n) is 3.39. The number of aromatic nitrogens is 3. The maximum absolute atomic E-state index is 12.5. The lowest BCUT2D eigenvalue weighted by Crippen LogP contribution is -2.50. The minimum absolute atomic E-state index is 0.284. The fourth-order valence-corrected chi connectivity index (χ4v) is 4.38. The molecule has 2 aliphatic carbocycles. The van der Waals surface area contributed by atoms with Gasteiger partial charge in [0.15, 0.2) is 5.16 Å². The van der Waals surface area contributed by atoms with E-state index in [1.54, 1.807) is 6.92 Å². The first kappa shape index (κ1) is 18.3. The zero-order valence-corrected chi connectivity index (χ0v) is 16.5. The van der Waals surface area contributed by atoms with Crippen molar-refractivity contribution < 1.29 is 14.3 Å². The molecule has 1 aliphatic heterocycles. The Bertz CT molecular complexity index is 782. The zero-order valence-electron chi connectivity index (χ0n) is 15.7. The van der Waals surface area contributed by atoms with E-state index in [4.69, 9.17) is 4.74 Å². The van der Waals surface area contributed by atoms with Gasteiger partial charge in [-0.1, -0.05) is 18.7 Å². The van der Waals surface area contributed by atoms with Crippen LogP contribution in [0.2, 0.25) is 0 Å². The Morgan fingerprint density at radius 1 is 1.26 bits per heavy atom. The van der Waals surface area contributed by atoms with E-state index in [1.165, 1.54) is 37.4 Å². The second-order valence-corrected chi connectivity index (χ2v) is 8.12. The van der Waals surface area contributed by atoms with E-state index in [1.807, 2.05) is 6.92 Å². The molecule has 146 valence electrons. The van der Waals surface area contributed by atoms with Crippen LogP contribution >= 0.6 is 11.8 Å². The van der Waals surface area contributed by atoms with Crippen LogP contribution in [0.4, 0.5) is 4.79 Å². The summed E-state index contributed by atoms with van der Waals surface area (Å²) in [5.74, 6) is 1.72. The topological polar surface area (TPSA) is 98.1 Å². The van der Waals surface area contributed by atoms with Crippen molar-refractivity contribution in [2.45, 2.75) is 69.1 Å². The monoisotopic (exact) mass is 391 g/mol. The lowest BCUT2D eigenvalue weighted by Gasteiger charge is -2.28. The predicted molar refractivity (Wildman–Crippen MR) is 100 cm³/mol. The summed E-state index contributed by atoms with van der Waals surface area (Å²) >= 11 is 1.52. The standard InChI is InChI=1S/C18H25N5O3S/c1-3-12-14(16(24)26-4-2)13(20-17(25)19-12)9-27-18-22-21-15(10-5-6-10)23(18)11-7-8-11/h10-12H,3-9H2,1-2H3,(H2,19,20,25). The molecule has 0 aromatic carbocycles. The van der Waals surface area contributed by atoms with E-state index in [0.29, 0.717) is 42.0 Å². The summed E-state index contributed by atoms with van der Waals surface area (Å²) in [5, 5.41) is 15.3. The van der Waals surface area contributed by atoms with Crippen LogP contribution < -0.4 is 10.6 Å². The lowest BCUT2D eigenvalue weighted by molar-refractivity contribution is -0.139. The Morgan fingerprint density at radius 3 is 2.67 bits per heavy atom. The molecule has 1 unspecified atom stereocenters. The average Bonchev–Trinajstić information content (AvgIpc) is 3.58. The number of hydrogen-bond donors (Lipinski definition) is 2. The van der Waals surface area contributed by atoms with E-state index in [2.05, 4.69) is 25.4 Å². The molecule has 8 nitrogen and oxygen atoms in total. The van der Waals surface area contributed by atoms with Gasteiger partial charge in [0, 0.05) is 23.4 Å². The number of rotatable bonds is 8. The van der Waals surface area contributed by atoms with E-state index >= 15 is 0 Å². The molecule has 0 bridgehead atoms. The molecule has 0 saturated heterocycles. The van der Waals surface area contributed by atoms with Gasteiger partial charge in [0.2, 0.25) is 0 Å². The van der Waals surface area contributed by atoms with Gasteiger partial charge in [-0.2, -0.15) is 0 Å². The summed E-state index contributed by atoms with van der Waals surface area (Å²) in [4.78, 5) is 24.5. The fraction of sp³-hybridized carbons (Fsp3) is 0.667. The molecule has 0 spiro atoms. The molecule has 2 N–H and O–H groups in total. The molecular weight excluding hydrogens is 366 g/mol. The van der Waals surface area contributed by atoms with Crippen LogP contribution in [0, 0.1) is 0 Å². The number of hydrogen-bond acceptors (Lipinski definition) is 6. The first-order chi connectivity index (χ1) is 13.1. The third kappa shape index (κ3) is 3.83. The largest absolute Gasteiger partial charge is 0.463 e. The van der Waals surface area contributed by atoms with Gasteiger partial charge in [0.1, 0.15) is 5.82 Å². The minimum Gasteiger partial charge on any atom is -0.463 e. The molecule has 1 aromatic rings. The summed E-state index contributed by atoms with van der Waals surface area (Å²) < 4.78 is 7.49. The van der Waals surface area contributed by atoms with Crippen LogP contribution in [-0.2, 0) is 9.53 Å². The maximum Gasteiger partial charge on any atom is 0.337 e. The summed E-state index contributed by atoms with van der Waals surface area (Å²) in [6.07, 6.45) is 5.34. The normalized spacial score (nSPS) is 22.4. The molecule has 2 fully saturated rings. The van der Waals surface area contributed by atoms with Crippen LogP contribution in [0.1, 0.15) is 63.7 Å². The van der Waals surface area contributed by atoms with Crippen LogP contribution in [0.15, 0.2) is 16.4 Å². The molecule has 1 aromatic heterocycles. The van der Waals surface area contributed by atoms with Crippen molar-refractivity contribution in [1.82, 2.24) is 25.4 Å². The maximum atomic E-state index is 12.5. The van der Waals surface area contributed by atoms with Crippen LogP contribution in [0.5, 0.6) is 0 Å². The summed E-state index contributed by atoms with van der Waals surface area (Å²) in [7, 11) is 0. The quantitative estimate of drug-likeness (QED) is 0.522. The average molecular weight is 391 g/mol. The summed E-state index contributed by atoms with van der Waals surface area (Å²) in [6.45, 7) is 4.01. The van der Waals surface area contributed by atoms with E-state index in [-0.39, 0.29) is 18.0 Å². The summed E-state index contributed by atoms with van der Waals surface area (Å²) in [6, 6.07) is -0.118. The zero-order chi connectivity index (χ0) is 19.0. The molecule has 9 heteroatoms. The number of nitrogens with zero attached hydrogens (tertiary/aromatic N) is 3. The first-order valence-corrected chi connectivity index (χ1v) is 10.7. The molecule has 1 atom stereocenters. The minimum atomic E-state index is -0.380.